The summed E-state index contributed by atoms with van der Waals surface area (Å²) in [7, 11) is -0.783. The molecule has 0 spiro atoms. The van der Waals surface area contributed by atoms with E-state index in [0.717, 1.165) is 55.2 Å². The van der Waals surface area contributed by atoms with Gasteiger partial charge in [0, 0.05) is 4.57 Å². The predicted octanol–water partition coefficient (Wildman–Crippen LogP) is 18.8. The number of unbranched alkanes of at least 4 members (excludes halogenated alkanes) is 30. The molecule has 0 aromatic heterocycles. The Hall–Kier alpha value is -0.960. The molecule has 57 heavy (non-hydrogen) atoms. The summed E-state index contributed by atoms with van der Waals surface area (Å²) in [5.41, 5.74) is 1.70. The standard InChI is InChI=1S/C52H97O4P/c1-10-12-14-16-18-20-22-24-26-28-30-32-34-36-38-40-42-52(56-57(54)55-9,46-44-47(50(3,4)5)49(53)48(45-46)51(6,7)8)43-41-39-37-35-33-31-29-27-25-23-21-19-17-15-13-11-2/h44-45H,10-43H2,1-9H3/p+1. The summed E-state index contributed by atoms with van der Waals surface area (Å²) in [4.78, 5) is 0. The Bertz CT molecular complexity index is 1050. The van der Waals surface area contributed by atoms with Gasteiger partial charge < -0.3 is 5.11 Å². The largest absolute Gasteiger partial charge is 0.698 e. The molecule has 0 bridgehead atoms. The van der Waals surface area contributed by atoms with Crippen LogP contribution in [0, 0.1) is 0 Å². The van der Waals surface area contributed by atoms with E-state index in [9.17, 15) is 9.67 Å². The first-order valence-electron chi connectivity index (χ1n) is 24.9. The molecule has 4 nitrogen and oxygen atoms in total. The molecular formula is C52H98O4P+. The number of hydrogen-bond donors (Lipinski definition) is 1. The Morgan fingerprint density at radius 2 is 0.702 bits per heavy atom. The third kappa shape index (κ3) is 25.4. The van der Waals surface area contributed by atoms with Crippen LogP contribution in [0.2, 0.25) is 0 Å². The molecule has 1 aromatic carbocycles. The van der Waals surface area contributed by atoms with Crippen molar-refractivity contribution in [3.8, 4) is 5.75 Å². The van der Waals surface area contributed by atoms with Crippen molar-refractivity contribution in [2.24, 2.45) is 0 Å². The highest BCUT2D eigenvalue weighted by atomic mass is 31.1. The van der Waals surface area contributed by atoms with Crippen LogP contribution in [0.1, 0.15) is 290 Å². The van der Waals surface area contributed by atoms with Gasteiger partial charge in [0.2, 0.25) is 0 Å². The van der Waals surface area contributed by atoms with Crippen LogP contribution < -0.4 is 0 Å². The number of rotatable bonds is 38. The number of aromatic hydroxyl groups is 1. The van der Waals surface area contributed by atoms with Crippen LogP contribution in [-0.2, 0) is 30.0 Å². The van der Waals surface area contributed by atoms with Gasteiger partial charge in [-0.05, 0) is 52.5 Å². The predicted molar refractivity (Wildman–Crippen MR) is 251 cm³/mol. The fourth-order valence-corrected chi connectivity index (χ4v) is 9.34. The Kier molecular flexibility index (Phi) is 31.1. The van der Waals surface area contributed by atoms with Crippen LogP contribution in [0.25, 0.3) is 0 Å². The van der Waals surface area contributed by atoms with Crippen molar-refractivity contribution in [2.45, 2.75) is 290 Å². The van der Waals surface area contributed by atoms with Gasteiger partial charge in [0.1, 0.15) is 5.75 Å². The first kappa shape index (κ1) is 54.1. The number of benzene rings is 1. The summed E-state index contributed by atoms with van der Waals surface area (Å²) in [5.74, 6) is 0.383. The first-order valence-corrected chi connectivity index (χ1v) is 26.0. The summed E-state index contributed by atoms with van der Waals surface area (Å²) in [6.07, 6.45) is 44.5. The summed E-state index contributed by atoms with van der Waals surface area (Å²) >= 11 is 0. The number of phenolic OH excluding ortho intramolecular Hbond substituents is 1. The second-order valence-electron chi connectivity index (χ2n) is 20.0. The van der Waals surface area contributed by atoms with Crippen molar-refractivity contribution >= 4 is 8.25 Å². The second-order valence-corrected chi connectivity index (χ2v) is 21.0. The van der Waals surface area contributed by atoms with E-state index in [4.69, 9.17) is 9.05 Å². The van der Waals surface area contributed by atoms with Crippen molar-refractivity contribution in [1.29, 1.82) is 0 Å². The van der Waals surface area contributed by atoms with Crippen LogP contribution in [0.5, 0.6) is 5.75 Å². The molecule has 1 unspecified atom stereocenters. The molecule has 0 saturated carbocycles. The van der Waals surface area contributed by atoms with Crippen molar-refractivity contribution in [2.75, 3.05) is 7.11 Å². The lowest BCUT2D eigenvalue weighted by molar-refractivity contribution is 0.0341. The van der Waals surface area contributed by atoms with Gasteiger partial charge in [-0.25, -0.2) is 0 Å². The maximum Gasteiger partial charge on any atom is 0.698 e. The van der Waals surface area contributed by atoms with Crippen molar-refractivity contribution < 1.29 is 18.7 Å². The highest BCUT2D eigenvalue weighted by Crippen LogP contribution is 2.49. The first-order chi connectivity index (χ1) is 27.3. The van der Waals surface area contributed by atoms with E-state index in [1.54, 1.807) is 0 Å². The van der Waals surface area contributed by atoms with E-state index in [1.165, 1.54) is 187 Å². The minimum atomic E-state index is -2.27. The Morgan fingerprint density at radius 3 is 0.930 bits per heavy atom. The number of phenols is 1. The van der Waals surface area contributed by atoms with Gasteiger partial charge in [-0.3, -0.25) is 0 Å². The van der Waals surface area contributed by atoms with Gasteiger partial charge in [-0.1, -0.05) is 261 Å². The molecule has 0 aliphatic rings. The molecule has 1 N–H and O–H groups in total. The van der Waals surface area contributed by atoms with Gasteiger partial charge in [-0.2, -0.15) is 0 Å². The lowest BCUT2D eigenvalue weighted by Gasteiger charge is -2.34. The molecule has 334 valence electrons. The monoisotopic (exact) mass is 818 g/mol. The summed E-state index contributed by atoms with van der Waals surface area (Å²) < 4.78 is 25.2. The lowest BCUT2D eigenvalue weighted by Crippen LogP contribution is -2.30. The molecule has 0 radical (unpaired) electrons. The SMILES string of the molecule is CCCCCCCCCCCCCCCCCCC(CCCCCCCCCCCCCCCCCC)(O[P+](=O)OC)c1cc(C(C)(C)C)c(O)c(C(C)(C)C)c1. The molecule has 1 atom stereocenters. The highest BCUT2D eigenvalue weighted by molar-refractivity contribution is 7.33. The fraction of sp³-hybridized carbons (Fsp3) is 0.885. The van der Waals surface area contributed by atoms with Gasteiger partial charge in [0.25, 0.3) is 0 Å². The average Bonchev–Trinajstić information content (AvgIpc) is 3.16. The minimum absolute atomic E-state index is 0.252. The lowest BCUT2D eigenvalue weighted by atomic mass is 9.74. The molecule has 0 aliphatic heterocycles. The zero-order chi connectivity index (χ0) is 42.3. The van der Waals surface area contributed by atoms with E-state index in [1.807, 2.05) is 0 Å². The Morgan fingerprint density at radius 1 is 0.456 bits per heavy atom. The Balaban J connectivity index is 2.81. The summed E-state index contributed by atoms with van der Waals surface area (Å²) in [6, 6.07) is 4.34. The number of hydrogen-bond acceptors (Lipinski definition) is 4. The van der Waals surface area contributed by atoms with Gasteiger partial charge in [-0.15, -0.1) is 9.05 Å². The van der Waals surface area contributed by atoms with Crippen LogP contribution in [-0.4, -0.2) is 12.2 Å². The van der Waals surface area contributed by atoms with Gasteiger partial charge >= 0.3 is 8.25 Å². The summed E-state index contributed by atoms with van der Waals surface area (Å²) in [6.45, 7) is 17.6. The molecule has 5 heteroatoms. The van der Waals surface area contributed by atoms with Gasteiger partial charge in [0.15, 0.2) is 5.60 Å². The molecule has 1 aromatic rings. The minimum Gasteiger partial charge on any atom is -0.507 e. The summed E-state index contributed by atoms with van der Waals surface area (Å²) in [5, 5.41) is 11.6. The zero-order valence-electron chi connectivity index (χ0n) is 39.8. The maximum absolute atomic E-state index is 13.2. The molecule has 0 heterocycles. The molecule has 1 rings (SSSR count). The average molecular weight is 818 g/mol. The van der Waals surface area contributed by atoms with Gasteiger partial charge in [0.05, 0.1) is 7.11 Å². The fourth-order valence-electron chi connectivity index (χ4n) is 8.70. The molecule has 0 saturated heterocycles. The van der Waals surface area contributed by atoms with E-state index < -0.39 is 13.9 Å². The highest BCUT2D eigenvalue weighted by Gasteiger charge is 2.44. The normalized spacial score (nSPS) is 12.8. The molecule has 0 aliphatic carbocycles. The van der Waals surface area contributed by atoms with E-state index in [0.29, 0.717) is 5.75 Å². The van der Waals surface area contributed by atoms with Crippen LogP contribution in [0.3, 0.4) is 0 Å². The van der Waals surface area contributed by atoms with E-state index in [-0.39, 0.29) is 10.8 Å². The van der Waals surface area contributed by atoms with Crippen LogP contribution in [0.15, 0.2) is 12.1 Å². The maximum atomic E-state index is 13.2. The second kappa shape index (κ2) is 32.8. The molecule has 0 amide bonds. The van der Waals surface area contributed by atoms with Crippen LogP contribution in [0.4, 0.5) is 0 Å². The van der Waals surface area contributed by atoms with Crippen molar-refractivity contribution in [1.82, 2.24) is 0 Å². The topological polar surface area (TPSA) is 55.8 Å². The van der Waals surface area contributed by atoms with E-state index in [2.05, 4.69) is 67.5 Å². The van der Waals surface area contributed by atoms with Crippen LogP contribution >= 0.6 is 8.25 Å². The quantitative estimate of drug-likeness (QED) is 0.0533. The molecular weight excluding hydrogens is 720 g/mol. The third-order valence-corrected chi connectivity index (χ3v) is 13.3. The van der Waals surface area contributed by atoms with Crippen molar-refractivity contribution in [3.63, 3.8) is 0 Å². The third-order valence-electron chi connectivity index (χ3n) is 12.5. The molecule has 0 fully saturated rings. The van der Waals surface area contributed by atoms with Crippen molar-refractivity contribution in [3.05, 3.63) is 28.8 Å². The zero-order valence-corrected chi connectivity index (χ0v) is 40.7. The van der Waals surface area contributed by atoms with E-state index >= 15 is 0 Å². The Labute approximate surface area is 357 Å². The smallest absolute Gasteiger partial charge is 0.507 e.